The van der Waals surface area contributed by atoms with Gasteiger partial charge in [0.15, 0.2) is 16.7 Å². The third kappa shape index (κ3) is 5.33. The highest BCUT2D eigenvalue weighted by Gasteiger charge is 2.32. The van der Waals surface area contributed by atoms with Crippen LogP contribution in [0.2, 0.25) is 0 Å². The summed E-state index contributed by atoms with van der Waals surface area (Å²) in [6, 6.07) is 3.50. The van der Waals surface area contributed by atoms with E-state index in [9.17, 15) is 9.59 Å². The summed E-state index contributed by atoms with van der Waals surface area (Å²) in [5.41, 5.74) is 0.695. The van der Waals surface area contributed by atoms with Gasteiger partial charge in [0.25, 0.3) is 0 Å². The fraction of sp³-hybridized carbons (Fsp3) is 0.250. The third-order valence-corrected chi connectivity index (χ3v) is 4.75. The molecule has 1 unspecified atom stereocenters. The van der Waals surface area contributed by atoms with Crippen LogP contribution in [0.5, 0.6) is 11.5 Å². The molecule has 0 radical (unpaired) electrons. The van der Waals surface area contributed by atoms with Gasteiger partial charge in [-0.3, -0.25) is 9.59 Å². The number of carboxylic acids is 1. The van der Waals surface area contributed by atoms with E-state index in [1.165, 1.54) is 13.3 Å². The number of thioether (sulfide) groups is 1. The number of amidine groups is 1. The van der Waals surface area contributed by atoms with E-state index < -0.39 is 11.2 Å². The quantitative estimate of drug-likeness (QED) is 0.364. The largest absolute Gasteiger partial charge is 0.493 e. The van der Waals surface area contributed by atoms with Crippen LogP contribution in [0.25, 0.3) is 0 Å². The van der Waals surface area contributed by atoms with Gasteiger partial charge >= 0.3 is 5.97 Å². The number of halogens is 1. The first-order chi connectivity index (χ1) is 12.4. The van der Waals surface area contributed by atoms with Gasteiger partial charge in [-0.1, -0.05) is 24.4 Å². The van der Waals surface area contributed by atoms with E-state index in [-0.39, 0.29) is 17.5 Å². The summed E-state index contributed by atoms with van der Waals surface area (Å²) in [4.78, 5) is 22.3. The van der Waals surface area contributed by atoms with Crippen LogP contribution in [-0.2, 0) is 9.59 Å². The van der Waals surface area contributed by atoms with Crippen molar-refractivity contribution in [1.29, 1.82) is 0 Å². The number of hydrogen-bond donors (Lipinski definition) is 2. The molecule has 1 heterocycles. The van der Waals surface area contributed by atoms with Crippen LogP contribution in [0.4, 0.5) is 0 Å². The summed E-state index contributed by atoms with van der Waals surface area (Å²) in [7, 11) is 1.52. The smallest absolute Gasteiger partial charge is 0.305 e. The Morgan fingerprint density at radius 1 is 1.54 bits per heavy atom. The van der Waals surface area contributed by atoms with Crippen LogP contribution in [0.3, 0.4) is 0 Å². The maximum absolute atomic E-state index is 11.6. The Balaban J connectivity index is 2.11. The topological polar surface area (TPSA) is 110 Å². The summed E-state index contributed by atoms with van der Waals surface area (Å²) < 4.78 is 11.5. The van der Waals surface area contributed by atoms with Crippen molar-refractivity contribution in [1.82, 2.24) is 5.32 Å². The predicted molar refractivity (Wildman–Crippen MR) is 103 cm³/mol. The van der Waals surface area contributed by atoms with E-state index in [0.29, 0.717) is 28.1 Å². The van der Waals surface area contributed by atoms with E-state index in [1.54, 1.807) is 18.2 Å². The van der Waals surface area contributed by atoms with Gasteiger partial charge < -0.3 is 19.9 Å². The molecule has 1 saturated heterocycles. The summed E-state index contributed by atoms with van der Waals surface area (Å²) >= 11 is 4.45. The van der Waals surface area contributed by atoms with Gasteiger partial charge in [-0.15, -0.1) is 5.10 Å². The summed E-state index contributed by atoms with van der Waals surface area (Å²) in [5, 5.41) is 18.7. The maximum atomic E-state index is 11.6. The van der Waals surface area contributed by atoms with Crippen molar-refractivity contribution < 1.29 is 24.2 Å². The molecule has 1 aliphatic heterocycles. The molecule has 0 aliphatic carbocycles. The highest BCUT2D eigenvalue weighted by Crippen LogP contribution is 2.36. The van der Waals surface area contributed by atoms with Gasteiger partial charge in [0.2, 0.25) is 5.91 Å². The van der Waals surface area contributed by atoms with Crippen molar-refractivity contribution in [2.75, 3.05) is 13.7 Å². The number of ether oxygens (including phenoxy) is 2. The molecule has 1 aliphatic rings. The second kappa shape index (κ2) is 9.39. The monoisotopic (exact) mass is 441 g/mol. The molecule has 1 aromatic carbocycles. The zero-order chi connectivity index (χ0) is 19.1. The number of nitrogens with zero attached hydrogens (tertiary/aromatic N) is 2. The lowest BCUT2D eigenvalue weighted by molar-refractivity contribution is -0.138. The second-order valence-corrected chi connectivity index (χ2v) is 7.02. The van der Waals surface area contributed by atoms with Crippen molar-refractivity contribution in [3.8, 4) is 11.5 Å². The van der Waals surface area contributed by atoms with Crippen LogP contribution in [0.1, 0.15) is 12.0 Å². The molecule has 138 valence electrons. The van der Waals surface area contributed by atoms with Crippen molar-refractivity contribution in [2.24, 2.45) is 10.2 Å². The second-order valence-electron chi connectivity index (χ2n) is 4.98. The molecular formula is C16H16BrN3O5S. The van der Waals surface area contributed by atoms with Crippen molar-refractivity contribution in [3.63, 3.8) is 0 Å². The Hall–Kier alpha value is -2.33. The molecule has 0 spiro atoms. The zero-order valence-corrected chi connectivity index (χ0v) is 16.2. The highest BCUT2D eigenvalue weighted by molar-refractivity contribution is 9.10. The Labute approximate surface area is 162 Å². The first-order valence-corrected chi connectivity index (χ1v) is 9.03. The van der Waals surface area contributed by atoms with E-state index in [0.717, 1.165) is 11.8 Å². The van der Waals surface area contributed by atoms with E-state index >= 15 is 0 Å². The number of benzene rings is 1. The average molecular weight is 442 g/mol. The Kier molecular flexibility index (Phi) is 7.22. The first-order valence-electron chi connectivity index (χ1n) is 7.36. The molecule has 1 amide bonds. The zero-order valence-electron chi connectivity index (χ0n) is 13.8. The van der Waals surface area contributed by atoms with E-state index in [1.807, 2.05) is 0 Å². The molecule has 0 bridgehead atoms. The molecule has 0 aromatic heterocycles. The Morgan fingerprint density at radius 3 is 2.96 bits per heavy atom. The number of nitrogens with one attached hydrogen (secondary N) is 1. The first kappa shape index (κ1) is 20.0. The lowest BCUT2D eigenvalue weighted by Crippen LogP contribution is -2.26. The van der Waals surface area contributed by atoms with Gasteiger partial charge in [-0.25, -0.2) is 0 Å². The predicted octanol–water partition coefficient (Wildman–Crippen LogP) is 2.42. The van der Waals surface area contributed by atoms with Gasteiger partial charge in [-0.2, -0.15) is 5.10 Å². The number of methoxy groups -OCH3 is 1. The molecule has 1 fully saturated rings. The molecule has 2 rings (SSSR count). The fourth-order valence-corrected chi connectivity index (χ4v) is 3.48. The lowest BCUT2D eigenvalue weighted by Gasteiger charge is -2.12. The van der Waals surface area contributed by atoms with E-state index in [4.69, 9.17) is 14.6 Å². The minimum Gasteiger partial charge on any atom is -0.493 e. The molecule has 10 heteroatoms. The number of rotatable bonds is 8. The normalized spacial score (nSPS) is 18.2. The number of carboxylic acid groups (broad SMARTS) is 1. The summed E-state index contributed by atoms with van der Waals surface area (Å²) in [6.45, 7) is 3.94. The summed E-state index contributed by atoms with van der Waals surface area (Å²) in [6.07, 6.45) is 2.84. The van der Waals surface area contributed by atoms with Gasteiger partial charge in [0.1, 0.15) is 11.9 Å². The minimum absolute atomic E-state index is 0.259. The standard InChI is InChI=1S/C16H16BrN3O5S/c1-3-4-25-14-10(17)5-9(6-11(14)24-2)8-18-20-16-19-15(23)12(26-16)7-13(21)22/h3,5-6,8,12H,1,4,7H2,2H3,(H,21,22)(H,19,20,23). The molecule has 26 heavy (non-hydrogen) atoms. The molecule has 1 aromatic rings. The number of aliphatic carboxylic acids is 1. The number of carbonyl (C=O) groups is 2. The fourth-order valence-electron chi connectivity index (χ4n) is 1.99. The Bertz CT molecular complexity index is 781. The molecular weight excluding hydrogens is 426 g/mol. The minimum atomic E-state index is -1.04. The number of hydrogen-bond acceptors (Lipinski definition) is 7. The molecule has 1 atom stereocenters. The lowest BCUT2D eigenvalue weighted by atomic mass is 10.2. The van der Waals surface area contributed by atoms with Crippen LogP contribution in [0.15, 0.2) is 39.5 Å². The summed E-state index contributed by atoms with van der Waals surface area (Å²) in [5.74, 6) is -0.371. The van der Waals surface area contributed by atoms with Crippen LogP contribution >= 0.6 is 27.7 Å². The van der Waals surface area contributed by atoms with Crippen molar-refractivity contribution >= 4 is 51.0 Å². The van der Waals surface area contributed by atoms with E-state index in [2.05, 4.69) is 38.0 Å². The van der Waals surface area contributed by atoms with Crippen molar-refractivity contribution in [2.45, 2.75) is 11.7 Å². The van der Waals surface area contributed by atoms with Crippen LogP contribution in [0, 0.1) is 0 Å². The number of amides is 1. The molecule has 8 nitrogen and oxygen atoms in total. The van der Waals surface area contributed by atoms with Gasteiger partial charge in [-0.05, 0) is 33.6 Å². The third-order valence-electron chi connectivity index (χ3n) is 3.09. The average Bonchev–Trinajstić information content (AvgIpc) is 2.92. The number of carbonyl (C=O) groups excluding carboxylic acids is 1. The van der Waals surface area contributed by atoms with Crippen LogP contribution < -0.4 is 14.8 Å². The maximum Gasteiger partial charge on any atom is 0.305 e. The van der Waals surface area contributed by atoms with Gasteiger partial charge in [0, 0.05) is 0 Å². The SMILES string of the molecule is C=CCOc1c(Br)cc(C=NN=C2NC(=O)C(CC(=O)O)S2)cc1OC. The van der Waals surface area contributed by atoms with Crippen molar-refractivity contribution in [3.05, 3.63) is 34.8 Å². The Morgan fingerprint density at radius 2 is 2.31 bits per heavy atom. The molecule has 0 saturated carbocycles. The molecule has 2 N–H and O–H groups in total. The highest BCUT2D eigenvalue weighted by atomic mass is 79.9. The van der Waals surface area contributed by atoms with Gasteiger partial charge in [0.05, 0.1) is 24.2 Å². The van der Waals surface area contributed by atoms with Crippen LogP contribution in [-0.4, -0.2) is 47.3 Å².